The molecule has 1 heterocycles. The lowest BCUT2D eigenvalue weighted by Crippen LogP contribution is -2.13. The lowest BCUT2D eigenvalue weighted by Gasteiger charge is -2.12. The van der Waals surface area contributed by atoms with Crippen LogP contribution in [-0.4, -0.2) is 21.6 Å². The van der Waals surface area contributed by atoms with Gasteiger partial charge in [-0.25, -0.2) is 9.37 Å². The van der Waals surface area contributed by atoms with E-state index in [1.54, 1.807) is 19.5 Å². The van der Waals surface area contributed by atoms with E-state index in [1.807, 2.05) is 29.8 Å². The summed E-state index contributed by atoms with van der Waals surface area (Å²) in [6, 6.07) is 10.3. The van der Waals surface area contributed by atoms with E-state index < -0.39 is 0 Å². The van der Waals surface area contributed by atoms with Crippen molar-refractivity contribution in [2.24, 2.45) is 7.05 Å². The van der Waals surface area contributed by atoms with Gasteiger partial charge in [-0.1, -0.05) is 18.3 Å². The molecule has 6 heteroatoms. The number of nitrogens with zero attached hydrogens (tertiary/aromatic N) is 2. The standard InChI is InChI=1S/C17H16FN3OS/c1-21-10-19-17-13(4-3-5-14(17)21)20-16(23)9-11-8-12(18)6-7-15(11)22-2/h3-8,10H,9H2,1-2H3,(H,20,23). The summed E-state index contributed by atoms with van der Waals surface area (Å²) in [6.07, 6.45) is 2.15. The van der Waals surface area contributed by atoms with Crippen molar-refractivity contribution in [3.8, 4) is 5.75 Å². The van der Waals surface area contributed by atoms with E-state index in [0.29, 0.717) is 22.7 Å². The van der Waals surface area contributed by atoms with Gasteiger partial charge in [0.1, 0.15) is 17.1 Å². The first-order chi connectivity index (χ1) is 11.1. The molecule has 0 atom stereocenters. The fourth-order valence-corrected chi connectivity index (χ4v) is 2.78. The normalized spacial score (nSPS) is 10.7. The van der Waals surface area contributed by atoms with Crippen LogP contribution in [0.1, 0.15) is 5.56 Å². The molecule has 0 bridgehead atoms. The molecule has 3 aromatic rings. The number of aryl methyl sites for hydroxylation is 1. The van der Waals surface area contributed by atoms with Crippen LogP contribution in [0.3, 0.4) is 0 Å². The molecule has 0 aliphatic rings. The number of imidazole rings is 1. The molecular weight excluding hydrogens is 313 g/mol. The number of nitrogens with one attached hydrogen (secondary N) is 1. The Kier molecular flexibility index (Phi) is 4.25. The second-order valence-electron chi connectivity index (χ2n) is 5.21. The van der Waals surface area contributed by atoms with Crippen LogP contribution >= 0.6 is 12.2 Å². The molecule has 4 nitrogen and oxygen atoms in total. The summed E-state index contributed by atoms with van der Waals surface area (Å²) < 4.78 is 20.6. The van der Waals surface area contributed by atoms with Gasteiger partial charge >= 0.3 is 0 Å². The molecule has 0 saturated heterocycles. The first kappa shape index (κ1) is 15.4. The van der Waals surface area contributed by atoms with Gasteiger partial charge in [-0.2, -0.15) is 0 Å². The van der Waals surface area contributed by atoms with E-state index in [2.05, 4.69) is 10.3 Å². The molecule has 23 heavy (non-hydrogen) atoms. The third kappa shape index (κ3) is 3.17. The number of halogens is 1. The predicted molar refractivity (Wildman–Crippen MR) is 93.6 cm³/mol. The third-order valence-electron chi connectivity index (χ3n) is 3.62. The number of aromatic nitrogens is 2. The summed E-state index contributed by atoms with van der Waals surface area (Å²) in [5.74, 6) is 0.307. The molecule has 0 fully saturated rings. The Morgan fingerprint density at radius 3 is 2.96 bits per heavy atom. The Hall–Kier alpha value is -2.47. The maximum absolute atomic E-state index is 13.4. The molecule has 3 rings (SSSR count). The second-order valence-corrected chi connectivity index (χ2v) is 5.70. The molecule has 2 aromatic carbocycles. The first-order valence-corrected chi connectivity index (χ1v) is 7.51. The van der Waals surface area contributed by atoms with E-state index in [4.69, 9.17) is 17.0 Å². The number of thiocarbonyl (C=S) groups is 1. The molecule has 0 unspecified atom stereocenters. The van der Waals surface area contributed by atoms with Crippen LogP contribution in [0, 0.1) is 5.82 Å². The smallest absolute Gasteiger partial charge is 0.123 e. The minimum atomic E-state index is -0.310. The zero-order chi connectivity index (χ0) is 16.4. The number of methoxy groups -OCH3 is 1. The zero-order valence-corrected chi connectivity index (χ0v) is 13.7. The van der Waals surface area contributed by atoms with E-state index in [9.17, 15) is 4.39 Å². The van der Waals surface area contributed by atoms with Crippen molar-refractivity contribution in [3.63, 3.8) is 0 Å². The van der Waals surface area contributed by atoms with E-state index >= 15 is 0 Å². The van der Waals surface area contributed by atoms with Gasteiger partial charge in [0.25, 0.3) is 0 Å². The highest BCUT2D eigenvalue weighted by Crippen LogP contribution is 2.23. The van der Waals surface area contributed by atoms with Crippen LogP contribution in [-0.2, 0) is 13.5 Å². The summed E-state index contributed by atoms with van der Waals surface area (Å²) >= 11 is 5.41. The molecule has 0 aliphatic heterocycles. The molecule has 1 N–H and O–H groups in total. The van der Waals surface area contributed by atoms with E-state index in [1.165, 1.54) is 12.1 Å². The maximum Gasteiger partial charge on any atom is 0.123 e. The lowest BCUT2D eigenvalue weighted by atomic mass is 10.1. The van der Waals surface area contributed by atoms with Crippen molar-refractivity contribution in [2.45, 2.75) is 6.42 Å². The summed E-state index contributed by atoms with van der Waals surface area (Å²) in [7, 11) is 3.50. The van der Waals surface area contributed by atoms with Crippen LogP contribution in [0.25, 0.3) is 11.0 Å². The average Bonchev–Trinajstić information content (AvgIpc) is 2.90. The Morgan fingerprint density at radius 2 is 2.17 bits per heavy atom. The number of para-hydroxylation sites is 1. The van der Waals surface area contributed by atoms with Crippen molar-refractivity contribution < 1.29 is 9.13 Å². The fraction of sp³-hybridized carbons (Fsp3) is 0.176. The minimum absolute atomic E-state index is 0.310. The van der Waals surface area contributed by atoms with Gasteiger partial charge < -0.3 is 14.6 Å². The SMILES string of the molecule is COc1ccc(F)cc1CC(=S)Nc1cccc2c1ncn2C. The average molecular weight is 329 g/mol. The molecule has 0 spiro atoms. The number of ether oxygens (including phenoxy) is 1. The van der Waals surface area contributed by atoms with Crippen LogP contribution in [0.4, 0.5) is 10.1 Å². The van der Waals surface area contributed by atoms with Crippen molar-refractivity contribution >= 4 is 33.9 Å². The quantitative estimate of drug-likeness (QED) is 0.741. The first-order valence-electron chi connectivity index (χ1n) is 7.11. The predicted octanol–water partition coefficient (Wildman–Crippen LogP) is 3.70. The molecule has 0 amide bonds. The number of hydrogen-bond acceptors (Lipinski definition) is 3. The van der Waals surface area contributed by atoms with Gasteiger partial charge in [0, 0.05) is 19.0 Å². The van der Waals surface area contributed by atoms with Gasteiger partial charge in [-0.3, -0.25) is 0 Å². The largest absolute Gasteiger partial charge is 0.496 e. The fourth-order valence-electron chi connectivity index (χ4n) is 2.51. The number of rotatable bonds is 4. The Labute approximate surface area is 138 Å². The van der Waals surface area contributed by atoms with Gasteiger partial charge in [0.15, 0.2) is 0 Å². The van der Waals surface area contributed by atoms with Crippen LogP contribution < -0.4 is 10.1 Å². The molecule has 0 saturated carbocycles. The van der Waals surface area contributed by atoms with Crippen LogP contribution in [0.15, 0.2) is 42.7 Å². The monoisotopic (exact) mass is 329 g/mol. The van der Waals surface area contributed by atoms with Gasteiger partial charge in [-0.05, 0) is 30.3 Å². The topological polar surface area (TPSA) is 39.1 Å². The number of benzene rings is 2. The van der Waals surface area contributed by atoms with Crippen molar-refractivity contribution in [1.82, 2.24) is 9.55 Å². The van der Waals surface area contributed by atoms with E-state index in [0.717, 1.165) is 16.7 Å². The van der Waals surface area contributed by atoms with Crippen molar-refractivity contribution in [3.05, 3.63) is 54.1 Å². The maximum atomic E-state index is 13.4. The highest BCUT2D eigenvalue weighted by Gasteiger charge is 2.10. The number of fused-ring (bicyclic) bond motifs is 1. The zero-order valence-electron chi connectivity index (χ0n) is 12.8. The minimum Gasteiger partial charge on any atom is -0.496 e. The molecule has 0 radical (unpaired) electrons. The highest BCUT2D eigenvalue weighted by molar-refractivity contribution is 7.80. The van der Waals surface area contributed by atoms with Crippen molar-refractivity contribution in [1.29, 1.82) is 0 Å². The summed E-state index contributed by atoms with van der Waals surface area (Å²) in [5, 5.41) is 3.20. The second kappa shape index (κ2) is 6.34. The summed E-state index contributed by atoms with van der Waals surface area (Å²) in [6.45, 7) is 0. The molecule has 0 aliphatic carbocycles. The summed E-state index contributed by atoms with van der Waals surface area (Å²) in [5.41, 5.74) is 3.41. The molecule has 118 valence electrons. The van der Waals surface area contributed by atoms with Crippen molar-refractivity contribution in [2.75, 3.05) is 12.4 Å². The van der Waals surface area contributed by atoms with Crippen LogP contribution in [0.5, 0.6) is 5.75 Å². The Morgan fingerprint density at radius 1 is 1.35 bits per heavy atom. The number of hydrogen-bond donors (Lipinski definition) is 1. The molecule has 1 aromatic heterocycles. The van der Waals surface area contributed by atoms with E-state index in [-0.39, 0.29) is 5.82 Å². The highest BCUT2D eigenvalue weighted by atomic mass is 32.1. The van der Waals surface area contributed by atoms with Gasteiger partial charge in [0.2, 0.25) is 0 Å². The Balaban J connectivity index is 1.83. The Bertz CT molecular complexity index is 875. The third-order valence-corrected chi connectivity index (χ3v) is 3.87. The summed E-state index contributed by atoms with van der Waals surface area (Å²) in [4.78, 5) is 4.96. The number of anilines is 1. The van der Waals surface area contributed by atoms with Crippen LogP contribution in [0.2, 0.25) is 0 Å². The lowest BCUT2D eigenvalue weighted by molar-refractivity contribution is 0.409. The van der Waals surface area contributed by atoms with Gasteiger partial charge in [-0.15, -0.1) is 0 Å². The van der Waals surface area contributed by atoms with Gasteiger partial charge in [0.05, 0.1) is 29.6 Å². The molecular formula is C17H16FN3OS.